The van der Waals surface area contributed by atoms with Gasteiger partial charge in [-0.25, -0.2) is 0 Å². The van der Waals surface area contributed by atoms with Crippen molar-refractivity contribution in [1.82, 2.24) is 10.2 Å². The molecule has 2 fully saturated rings. The molecule has 0 spiro atoms. The number of carbonyl (C=O) groups is 2. The highest BCUT2D eigenvalue weighted by Crippen LogP contribution is 2.34. The third kappa shape index (κ3) is 5.38. The molecule has 2 aliphatic heterocycles. The second-order valence-corrected chi connectivity index (χ2v) is 8.77. The molecule has 0 aliphatic carbocycles. The molecule has 2 unspecified atom stereocenters. The summed E-state index contributed by atoms with van der Waals surface area (Å²) in [5, 5.41) is 6.81. The second-order valence-electron chi connectivity index (χ2n) is 8.34. The van der Waals surface area contributed by atoms with Gasteiger partial charge in [-0.1, -0.05) is 18.0 Å². The average Bonchev–Trinajstić information content (AvgIpc) is 2.76. The van der Waals surface area contributed by atoms with Crippen molar-refractivity contribution in [2.75, 3.05) is 19.0 Å². The highest BCUT2D eigenvalue weighted by atomic mass is 35.5. The van der Waals surface area contributed by atoms with Crippen LogP contribution in [0.1, 0.15) is 42.5 Å². The van der Waals surface area contributed by atoms with Crippen LogP contribution in [0.4, 0.5) is 5.69 Å². The number of hydrogen-bond acceptors (Lipinski definition) is 4. The van der Waals surface area contributed by atoms with Gasteiger partial charge in [-0.2, -0.15) is 0 Å². The maximum Gasteiger partial charge on any atom is 0.251 e. The molecule has 31 heavy (non-hydrogen) atoms. The van der Waals surface area contributed by atoms with E-state index in [-0.39, 0.29) is 17.9 Å². The molecule has 6 nitrogen and oxygen atoms in total. The highest BCUT2D eigenvalue weighted by molar-refractivity contribution is 6.30. The van der Waals surface area contributed by atoms with Crippen molar-refractivity contribution in [1.29, 1.82) is 0 Å². The molecule has 7 heteroatoms. The zero-order valence-electron chi connectivity index (χ0n) is 17.6. The summed E-state index contributed by atoms with van der Waals surface area (Å²) in [5.74, 6) is 0.663. The molecule has 2 bridgehead atoms. The number of ether oxygens (including phenoxy) is 1. The van der Waals surface area contributed by atoms with E-state index in [0.29, 0.717) is 29.2 Å². The van der Waals surface area contributed by atoms with Gasteiger partial charge in [-0.3, -0.25) is 14.5 Å². The molecule has 2 aliphatic rings. The lowest BCUT2D eigenvalue weighted by molar-refractivity contribution is -0.120. The highest BCUT2D eigenvalue weighted by Gasteiger charge is 2.39. The minimum absolute atomic E-state index is 0.0139. The summed E-state index contributed by atoms with van der Waals surface area (Å²) in [7, 11) is 1.61. The summed E-state index contributed by atoms with van der Waals surface area (Å²) in [4.78, 5) is 27.6. The van der Waals surface area contributed by atoms with Crippen molar-refractivity contribution < 1.29 is 14.3 Å². The summed E-state index contributed by atoms with van der Waals surface area (Å²) >= 11 is 5.91. The van der Waals surface area contributed by atoms with E-state index in [1.165, 1.54) is 6.42 Å². The van der Waals surface area contributed by atoms with Crippen molar-refractivity contribution >= 4 is 29.1 Å². The van der Waals surface area contributed by atoms with Crippen molar-refractivity contribution in [3.63, 3.8) is 0 Å². The molecule has 2 N–H and O–H groups in total. The fraction of sp³-hybridized carbons (Fsp3) is 0.417. The summed E-state index contributed by atoms with van der Waals surface area (Å²) in [6.07, 6.45) is 5.02. The first-order chi connectivity index (χ1) is 15.0. The number of anilines is 1. The maximum atomic E-state index is 12.7. The fourth-order valence-electron chi connectivity index (χ4n) is 4.77. The Kier molecular flexibility index (Phi) is 6.78. The number of rotatable bonds is 6. The zero-order chi connectivity index (χ0) is 21.8. The standard InChI is InChI=1S/C24H28ClN3O3/c1-31-22-11-5-16(6-12-22)24(30)27-19-13-20-3-2-4-21(14-19)28(20)15-23(29)26-18-9-7-17(25)8-10-18/h5-12,19-21H,2-4,13-15H2,1H3,(H,26,29)(H,27,30). The van der Waals surface area contributed by atoms with Gasteiger partial charge in [0.1, 0.15) is 5.75 Å². The Morgan fingerprint density at radius 2 is 1.68 bits per heavy atom. The van der Waals surface area contributed by atoms with Crippen LogP contribution in [-0.2, 0) is 4.79 Å². The summed E-state index contributed by atoms with van der Waals surface area (Å²) in [6.45, 7) is 0.372. The molecule has 4 rings (SSSR count). The molecule has 164 valence electrons. The van der Waals surface area contributed by atoms with Gasteiger partial charge in [-0.05, 0) is 74.2 Å². The molecule has 2 saturated heterocycles. The predicted molar refractivity (Wildman–Crippen MR) is 122 cm³/mol. The van der Waals surface area contributed by atoms with Crippen molar-refractivity contribution in [3.05, 3.63) is 59.1 Å². The smallest absolute Gasteiger partial charge is 0.251 e. The van der Waals surface area contributed by atoms with Gasteiger partial charge in [-0.15, -0.1) is 0 Å². The molecule has 0 radical (unpaired) electrons. The van der Waals surface area contributed by atoms with Gasteiger partial charge in [0.25, 0.3) is 5.91 Å². The number of nitrogens with one attached hydrogen (secondary N) is 2. The number of piperidine rings is 2. The van der Waals surface area contributed by atoms with E-state index in [2.05, 4.69) is 15.5 Å². The lowest BCUT2D eigenvalue weighted by Crippen LogP contribution is -2.58. The van der Waals surface area contributed by atoms with Crippen LogP contribution < -0.4 is 15.4 Å². The Morgan fingerprint density at radius 3 is 2.29 bits per heavy atom. The molecule has 2 atom stereocenters. The maximum absolute atomic E-state index is 12.7. The Hall–Kier alpha value is -2.57. The Balaban J connectivity index is 1.34. The lowest BCUT2D eigenvalue weighted by atomic mass is 9.81. The Labute approximate surface area is 187 Å². The van der Waals surface area contributed by atoms with Crippen molar-refractivity contribution in [3.8, 4) is 5.75 Å². The van der Waals surface area contributed by atoms with E-state index >= 15 is 0 Å². The van der Waals surface area contributed by atoms with Gasteiger partial charge < -0.3 is 15.4 Å². The van der Waals surface area contributed by atoms with Gasteiger partial charge in [0, 0.05) is 34.4 Å². The monoisotopic (exact) mass is 441 g/mol. The summed E-state index contributed by atoms with van der Waals surface area (Å²) in [6, 6.07) is 15.1. The molecule has 0 saturated carbocycles. The van der Waals surface area contributed by atoms with Gasteiger partial charge in [0.05, 0.1) is 13.7 Å². The van der Waals surface area contributed by atoms with Crippen LogP contribution >= 0.6 is 11.6 Å². The van der Waals surface area contributed by atoms with Gasteiger partial charge >= 0.3 is 0 Å². The second kappa shape index (κ2) is 9.71. The predicted octanol–water partition coefficient (Wildman–Crippen LogP) is 4.10. The number of fused-ring (bicyclic) bond motifs is 2. The van der Waals surface area contributed by atoms with Crippen LogP contribution in [0.2, 0.25) is 5.02 Å². The minimum atomic E-state index is -0.0559. The van der Waals surface area contributed by atoms with Crippen LogP contribution in [-0.4, -0.2) is 48.5 Å². The van der Waals surface area contributed by atoms with Crippen LogP contribution in [0.15, 0.2) is 48.5 Å². The molecule has 2 aromatic carbocycles. The minimum Gasteiger partial charge on any atom is -0.497 e. The van der Waals surface area contributed by atoms with E-state index in [1.807, 2.05) is 12.1 Å². The third-order valence-electron chi connectivity index (χ3n) is 6.27. The van der Waals surface area contributed by atoms with Gasteiger partial charge in [0.2, 0.25) is 5.91 Å². The topological polar surface area (TPSA) is 70.7 Å². The molecule has 2 aromatic rings. The van der Waals surface area contributed by atoms with E-state index in [0.717, 1.165) is 37.1 Å². The molecular formula is C24H28ClN3O3. The third-order valence-corrected chi connectivity index (χ3v) is 6.52. The number of halogens is 1. The lowest BCUT2D eigenvalue weighted by Gasteiger charge is -2.48. The first kappa shape index (κ1) is 21.7. The van der Waals surface area contributed by atoms with Crippen LogP contribution in [0.25, 0.3) is 0 Å². The van der Waals surface area contributed by atoms with Crippen LogP contribution in [0.3, 0.4) is 0 Å². The van der Waals surface area contributed by atoms with E-state index in [1.54, 1.807) is 43.5 Å². The van der Waals surface area contributed by atoms with E-state index < -0.39 is 0 Å². The van der Waals surface area contributed by atoms with E-state index in [4.69, 9.17) is 16.3 Å². The first-order valence-electron chi connectivity index (χ1n) is 10.8. The molecule has 2 heterocycles. The Morgan fingerprint density at radius 1 is 1.03 bits per heavy atom. The number of methoxy groups -OCH3 is 1. The average molecular weight is 442 g/mol. The Bertz CT molecular complexity index is 903. The number of benzene rings is 2. The summed E-state index contributed by atoms with van der Waals surface area (Å²) < 4.78 is 5.16. The van der Waals surface area contributed by atoms with Crippen LogP contribution in [0, 0.1) is 0 Å². The summed E-state index contributed by atoms with van der Waals surface area (Å²) in [5.41, 5.74) is 1.39. The van der Waals surface area contributed by atoms with Crippen molar-refractivity contribution in [2.45, 2.75) is 50.2 Å². The van der Waals surface area contributed by atoms with E-state index in [9.17, 15) is 9.59 Å². The largest absolute Gasteiger partial charge is 0.497 e. The molecule has 0 aromatic heterocycles. The number of nitrogens with zero attached hydrogens (tertiary/aromatic N) is 1. The number of carbonyl (C=O) groups excluding carboxylic acids is 2. The fourth-order valence-corrected chi connectivity index (χ4v) is 4.89. The van der Waals surface area contributed by atoms with Gasteiger partial charge in [0.15, 0.2) is 0 Å². The molecular weight excluding hydrogens is 414 g/mol. The first-order valence-corrected chi connectivity index (χ1v) is 11.2. The van der Waals surface area contributed by atoms with Crippen LogP contribution in [0.5, 0.6) is 5.75 Å². The molecule has 2 amide bonds. The SMILES string of the molecule is COc1ccc(C(=O)NC2CC3CCCC(C2)N3CC(=O)Nc2ccc(Cl)cc2)cc1. The van der Waals surface area contributed by atoms with Crippen molar-refractivity contribution in [2.24, 2.45) is 0 Å². The normalized spacial score (nSPS) is 23.1. The quantitative estimate of drug-likeness (QED) is 0.708. The number of hydrogen-bond donors (Lipinski definition) is 2. The zero-order valence-corrected chi connectivity index (χ0v) is 18.4. The number of amides is 2.